The maximum atomic E-state index is 4.65. The lowest BCUT2D eigenvalue weighted by molar-refractivity contribution is 0.795. The van der Waals surface area contributed by atoms with Crippen molar-refractivity contribution in [2.75, 3.05) is 5.32 Å². The van der Waals surface area contributed by atoms with Crippen molar-refractivity contribution in [2.45, 2.75) is 33.1 Å². The molecule has 0 atom stereocenters. The van der Waals surface area contributed by atoms with Gasteiger partial charge in [-0.1, -0.05) is 42.9 Å². The van der Waals surface area contributed by atoms with Crippen LogP contribution in [-0.2, 0) is 6.42 Å². The first-order valence-corrected chi connectivity index (χ1v) is 8.29. The Balaban J connectivity index is 1.75. The molecule has 0 aliphatic heterocycles. The van der Waals surface area contributed by atoms with Crippen LogP contribution in [0.25, 0.3) is 10.2 Å². The average molecular weight is 296 g/mol. The minimum Gasteiger partial charge on any atom is -0.332 e. The van der Waals surface area contributed by atoms with Gasteiger partial charge in [0.25, 0.3) is 0 Å². The number of hydrogen-bond acceptors (Lipinski definition) is 3. The fourth-order valence-electron chi connectivity index (χ4n) is 2.35. The molecule has 3 heteroatoms. The third-order valence-corrected chi connectivity index (χ3v) is 4.52. The zero-order chi connectivity index (χ0) is 14.7. The van der Waals surface area contributed by atoms with Crippen molar-refractivity contribution < 1.29 is 0 Å². The fourth-order valence-corrected chi connectivity index (χ4v) is 3.22. The Bertz CT molecular complexity index is 729. The highest BCUT2D eigenvalue weighted by Gasteiger charge is 2.04. The van der Waals surface area contributed by atoms with Crippen LogP contribution in [-0.4, -0.2) is 4.98 Å². The highest BCUT2D eigenvalue weighted by atomic mass is 32.1. The van der Waals surface area contributed by atoms with Crippen LogP contribution in [0.5, 0.6) is 0 Å². The molecule has 3 aromatic rings. The second-order valence-electron chi connectivity index (χ2n) is 5.42. The molecular formula is C18H20N2S. The number of hydrogen-bond donors (Lipinski definition) is 1. The monoisotopic (exact) mass is 296 g/mol. The van der Waals surface area contributed by atoms with Crippen molar-refractivity contribution in [1.29, 1.82) is 0 Å². The summed E-state index contributed by atoms with van der Waals surface area (Å²) in [5.74, 6) is 0. The van der Waals surface area contributed by atoms with Crippen LogP contribution in [0, 0.1) is 6.92 Å². The summed E-state index contributed by atoms with van der Waals surface area (Å²) in [7, 11) is 0. The molecule has 0 amide bonds. The molecule has 0 saturated heterocycles. The molecule has 0 fully saturated rings. The summed E-state index contributed by atoms with van der Waals surface area (Å²) in [5, 5.41) is 4.36. The fraction of sp³-hybridized carbons (Fsp3) is 0.278. The van der Waals surface area contributed by atoms with Gasteiger partial charge in [-0.05, 0) is 55.2 Å². The summed E-state index contributed by atoms with van der Waals surface area (Å²) in [5.41, 5.74) is 4.83. The molecule has 0 bridgehead atoms. The Kier molecular flexibility index (Phi) is 4.20. The number of anilines is 2. The van der Waals surface area contributed by atoms with E-state index in [0.717, 1.165) is 22.8 Å². The van der Waals surface area contributed by atoms with Crippen LogP contribution in [0.15, 0.2) is 42.5 Å². The van der Waals surface area contributed by atoms with E-state index in [1.165, 1.54) is 28.7 Å². The normalized spacial score (nSPS) is 11.0. The SMILES string of the molecule is CCCCc1ccc(Nc2nc3cc(C)ccc3s2)cc1. The molecule has 2 nitrogen and oxygen atoms in total. The van der Waals surface area contributed by atoms with Crippen molar-refractivity contribution in [3.8, 4) is 0 Å². The van der Waals surface area contributed by atoms with Crippen molar-refractivity contribution in [1.82, 2.24) is 4.98 Å². The number of nitrogens with one attached hydrogen (secondary N) is 1. The molecule has 21 heavy (non-hydrogen) atoms. The molecule has 1 heterocycles. The maximum absolute atomic E-state index is 4.65. The van der Waals surface area contributed by atoms with E-state index in [9.17, 15) is 0 Å². The lowest BCUT2D eigenvalue weighted by Gasteiger charge is -2.04. The summed E-state index contributed by atoms with van der Waals surface area (Å²) < 4.78 is 1.22. The van der Waals surface area contributed by atoms with E-state index >= 15 is 0 Å². The third kappa shape index (κ3) is 3.42. The van der Waals surface area contributed by atoms with Gasteiger partial charge in [-0.2, -0.15) is 0 Å². The lowest BCUT2D eigenvalue weighted by Crippen LogP contribution is -1.90. The zero-order valence-corrected chi connectivity index (χ0v) is 13.3. The van der Waals surface area contributed by atoms with Gasteiger partial charge in [0.15, 0.2) is 5.13 Å². The van der Waals surface area contributed by atoms with Crippen LogP contribution in [0.1, 0.15) is 30.9 Å². The number of thiazole rings is 1. The number of aryl methyl sites for hydroxylation is 2. The van der Waals surface area contributed by atoms with E-state index < -0.39 is 0 Å². The van der Waals surface area contributed by atoms with Crippen molar-refractivity contribution in [3.05, 3.63) is 53.6 Å². The summed E-state index contributed by atoms with van der Waals surface area (Å²) in [6, 6.07) is 15.1. The van der Waals surface area contributed by atoms with E-state index in [0.29, 0.717) is 0 Å². The smallest absolute Gasteiger partial charge is 0.188 e. The van der Waals surface area contributed by atoms with E-state index in [2.05, 4.69) is 66.6 Å². The van der Waals surface area contributed by atoms with E-state index in [-0.39, 0.29) is 0 Å². The first-order chi connectivity index (χ1) is 10.2. The summed E-state index contributed by atoms with van der Waals surface area (Å²) >= 11 is 1.70. The van der Waals surface area contributed by atoms with E-state index in [1.54, 1.807) is 11.3 Å². The molecule has 0 aliphatic carbocycles. The summed E-state index contributed by atoms with van der Waals surface area (Å²) in [6.45, 7) is 4.33. The summed E-state index contributed by atoms with van der Waals surface area (Å²) in [6.07, 6.45) is 3.66. The molecule has 1 aromatic heterocycles. The topological polar surface area (TPSA) is 24.9 Å². The number of unbranched alkanes of at least 4 members (excludes halogenated alkanes) is 1. The van der Waals surface area contributed by atoms with Gasteiger partial charge in [-0.3, -0.25) is 0 Å². The standard InChI is InChI=1S/C18H20N2S/c1-3-4-5-14-7-9-15(10-8-14)19-18-20-16-12-13(2)6-11-17(16)21-18/h6-12H,3-5H2,1-2H3,(H,19,20). The van der Waals surface area contributed by atoms with Crippen molar-refractivity contribution in [2.24, 2.45) is 0 Å². The van der Waals surface area contributed by atoms with Gasteiger partial charge < -0.3 is 5.32 Å². The third-order valence-electron chi connectivity index (χ3n) is 3.57. The molecule has 0 unspecified atom stereocenters. The highest BCUT2D eigenvalue weighted by Crippen LogP contribution is 2.28. The van der Waals surface area contributed by atoms with Crippen LogP contribution in [0.4, 0.5) is 10.8 Å². The number of fused-ring (bicyclic) bond motifs is 1. The Morgan fingerprint density at radius 3 is 2.67 bits per heavy atom. The lowest BCUT2D eigenvalue weighted by atomic mass is 10.1. The van der Waals surface area contributed by atoms with E-state index in [1.807, 2.05) is 0 Å². The molecule has 0 spiro atoms. The van der Waals surface area contributed by atoms with Gasteiger partial charge in [-0.15, -0.1) is 0 Å². The minimum absolute atomic E-state index is 0.955. The predicted octanol–water partition coefficient (Wildman–Crippen LogP) is 5.69. The van der Waals surface area contributed by atoms with Gasteiger partial charge >= 0.3 is 0 Å². The van der Waals surface area contributed by atoms with Gasteiger partial charge in [0, 0.05) is 5.69 Å². The van der Waals surface area contributed by atoms with Gasteiger partial charge in [0.2, 0.25) is 0 Å². The molecule has 1 N–H and O–H groups in total. The van der Waals surface area contributed by atoms with Gasteiger partial charge in [0.05, 0.1) is 10.2 Å². The Morgan fingerprint density at radius 1 is 1.10 bits per heavy atom. The number of benzene rings is 2. The zero-order valence-electron chi connectivity index (χ0n) is 12.5. The molecular weight excluding hydrogens is 276 g/mol. The van der Waals surface area contributed by atoms with Crippen molar-refractivity contribution in [3.63, 3.8) is 0 Å². The second-order valence-corrected chi connectivity index (χ2v) is 6.45. The summed E-state index contributed by atoms with van der Waals surface area (Å²) in [4.78, 5) is 4.65. The van der Waals surface area contributed by atoms with Crippen LogP contribution < -0.4 is 5.32 Å². The molecule has 108 valence electrons. The molecule has 2 aromatic carbocycles. The second kappa shape index (κ2) is 6.27. The molecule has 3 rings (SSSR count). The minimum atomic E-state index is 0.955. The Hall–Kier alpha value is -1.87. The Morgan fingerprint density at radius 2 is 1.90 bits per heavy atom. The molecule has 0 aliphatic rings. The first-order valence-electron chi connectivity index (χ1n) is 7.48. The predicted molar refractivity (Wildman–Crippen MR) is 92.7 cm³/mol. The molecule has 0 saturated carbocycles. The van der Waals surface area contributed by atoms with Crippen LogP contribution in [0.2, 0.25) is 0 Å². The van der Waals surface area contributed by atoms with Crippen LogP contribution in [0.3, 0.4) is 0 Å². The molecule has 0 radical (unpaired) electrons. The average Bonchev–Trinajstić information content (AvgIpc) is 2.88. The number of nitrogens with zero attached hydrogens (tertiary/aromatic N) is 1. The maximum Gasteiger partial charge on any atom is 0.188 e. The van der Waals surface area contributed by atoms with Crippen molar-refractivity contribution >= 4 is 32.4 Å². The highest BCUT2D eigenvalue weighted by molar-refractivity contribution is 7.22. The van der Waals surface area contributed by atoms with E-state index in [4.69, 9.17) is 0 Å². The van der Waals surface area contributed by atoms with Gasteiger partial charge in [0.1, 0.15) is 0 Å². The Labute approximate surface area is 129 Å². The largest absolute Gasteiger partial charge is 0.332 e. The van der Waals surface area contributed by atoms with Crippen LogP contribution >= 0.6 is 11.3 Å². The number of rotatable bonds is 5. The quantitative estimate of drug-likeness (QED) is 0.654. The number of aromatic nitrogens is 1. The van der Waals surface area contributed by atoms with Gasteiger partial charge in [-0.25, -0.2) is 4.98 Å². The first kappa shape index (κ1) is 14.1.